The van der Waals surface area contributed by atoms with E-state index in [2.05, 4.69) is 10.6 Å². The van der Waals surface area contributed by atoms with Gasteiger partial charge in [-0.05, 0) is 32.1 Å². The number of nitrogens with zero attached hydrogens (tertiary/aromatic N) is 2. The number of benzene rings is 1. The number of hydrogen-bond acceptors (Lipinski definition) is 4. The number of hydrogen-bond donors (Lipinski definition) is 2. The van der Waals surface area contributed by atoms with E-state index in [0.29, 0.717) is 37.2 Å². The van der Waals surface area contributed by atoms with Crippen LogP contribution in [0.25, 0.3) is 0 Å². The van der Waals surface area contributed by atoms with Gasteiger partial charge in [0.2, 0.25) is 11.8 Å². The van der Waals surface area contributed by atoms with Gasteiger partial charge in [-0.2, -0.15) is 5.26 Å². The third-order valence-corrected chi connectivity index (χ3v) is 2.96. The molecule has 1 aromatic rings. The number of anilines is 1. The molecule has 0 unspecified atom stereocenters. The van der Waals surface area contributed by atoms with Crippen LogP contribution in [0.1, 0.15) is 18.4 Å². The molecule has 0 spiro atoms. The van der Waals surface area contributed by atoms with Gasteiger partial charge in [-0.25, -0.2) is 0 Å². The van der Waals surface area contributed by atoms with Crippen LogP contribution in [0.2, 0.25) is 0 Å². The predicted molar refractivity (Wildman–Crippen MR) is 80.6 cm³/mol. The van der Waals surface area contributed by atoms with Gasteiger partial charge in [0.1, 0.15) is 6.07 Å². The van der Waals surface area contributed by atoms with Crippen LogP contribution < -0.4 is 10.6 Å². The summed E-state index contributed by atoms with van der Waals surface area (Å²) in [6.45, 7) is 0.968. The lowest BCUT2D eigenvalue weighted by atomic mass is 10.2. The Labute approximate surface area is 124 Å². The zero-order valence-electron chi connectivity index (χ0n) is 12.3. The highest BCUT2D eigenvalue weighted by molar-refractivity contribution is 5.92. The summed E-state index contributed by atoms with van der Waals surface area (Å²) >= 11 is 0. The summed E-state index contributed by atoms with van der Waals surface area (Å²) in [5.74, 6) is -0.184. The smallest absolute Gasteiger partial charge is 0.233 e. The first-order valence-corrected chi connectivity index (χ1v) is 6.75. The summed E-state index contributed by atoms with van der Waals surface area (Å²) in [6, 6.07) is 8.92. The first kappa shape index (κ1) is 16.7. The molecular formula is C15H20N4O2. The Balaban J connectivity index is 2.35. The maximum absolute atomic E-state index is 11.8. The first-order valence-electron chi connectivity index (χ1n) is 6.75. The third-order valence-electron chi connectivity index (χ3n) is 2.96. The molecule has 0 aliphatic rings. The summed E-state index contributed by atoms with van der Waals surface area (Å²) in [6.07, 6.45) is 0.992. The minimum absolute atomic E-state index is 0.0510. The molecule has 0 aliphatic heterocycles. The average Bonchev–Trinajstić information content (AvgIpc) is 2.47. The van der Waals surface area contributed by atoms with Crippen LogP contribution >= 0.6 is 0 Å². The summed E-state index contributed by atoms with van der Waals surface area (Å²) in [5, 5.41) is 14.2. The van der Waals surface area contributed by atoms with Gasteiger partial charge >= 0.3 is 0 Å². The summed E-state index contributed by atoms with van der Waals surface area (Å²) in [5.41, 5.74) is 0.978. The molecule has 6 nitrogen and oxygen atoms in total. The maximum Gasteiger partial charge on any atom is 0.233 e. The summed E-state index contributed by atoms with van der Waals surface area (Å²) < 4.78 is 0. The second-order valence-electron chi connectivity index (χ2n) is 4.72. The van der Waals surface area contributed by atoms with Gasteiger partial charge in [0.15, 0.2) is 0 Å². The predicted octanol–water partition coefficient (Wildman–Crippen LogP) is 0.955. The Morgan fingerprint density at radius 2 is 2.00 bits per heavy atom. The van der Waals surface area contributed by atoms with E-state index in [9.17, 15) is 9.59 Å². The Morgan fingerprint density at radius 3 is 2.67 bits per heavy atom. The highest BCUT2D eigenvalue weighted by Crippen LogP contribution is 2.13. The van der Waals surface area contributed by atoms with Crippen molar-refractivity contribution in [3.05, 3.63) is 29.8 Å². The number of nitrogens with one attached hydrogen (secondary N) is 2. The SMILES string of the molecule is CNC(=O)CN(C)CCCC(=O)Nc1ccccc1C#N. The van der Waals surface area contributed by atoms with Gasteiger partial charge in [0, 0.05) is 13.5 Å². The Morgan fingerprint density at radius 1 is 1.29 bits per heavy atom. The number of rotatable bonds is 7. The lowest BCUT2D eigenvalue weighted by Crippen LogP contribution is -2.33. The lowest BCUT2D eigenvalue weighted by Gasteiger charge is -2.15. The van der Waals surface area contributed by atoms with Gasteiger partial charge in [-0.3, -0.25) is 14.5 Å². The van der Waals surface area contributed by atoms with E-state index in [0.717, 1.165) is 0 Å². The number of carbonyl (C=O) groups is 2. The largest absolute Gasteiger partial charge is 0.358 e. The maximum atomic E-state index is 11.8. The van der Waals surface area contributed by atoms with Gasteiger partial charge in [-0.15, -0.1) is 0 Å². The van der Waals surface area contributed by atoms with E-state index in [1.54, 1.807) is 31.3 Å². The van der Waals surface area contributed by atoms with E-state index in [4.69, 9.17) is 5.26 Å². The molecule has 0 fully saturated rings. The van der Waals surface area contributed by atoms with Crippen molar-refractivity contribution in [1.29, 1.82) is 5.26 Å². The molecule has 2 amide bonds. The first-order chi connectivity index (χ1) is 10.1. The van der Waals surface area contributed by atoms with Crippen molar-refractivity contribution in [3.8, 4) is 6.07 Å². The Kier molecular flexibility index (Phi) is 6.92. The molecule has 112 valence electrons. The van der Waals surface area contributed by atoms with Crippen LogP contribution in [-0.2, 0) is 9.59 Å². The molecule has 2 N–H and O–H groups in total. The van der Waals surface area contributed by atoms with E-state index in [1.807, 2.05) is 18.0 Å². The normalized spacial score (nSPS) is 10.0. The summed E-state index contributed by atoms with van der Waals surface area (Å²) in [7, 11) is 3.42. The summed E-state index contributed by atoms with van der Waals surface area (Å²) in [4.78, 5) is 24.8. The number of para-hydroxylation sites is 1. The molecule has 1 aromatic carbocycles. The molecule has 0 aliphatic carbocycles. The molecule has 0 radical (unpaired) electrons. The van der Waals surface area contributed by atoms with Crippen LogP contribution in [0.15, 0.2) is 24.3 Å². The Bertz CT molecular complexity index is 537. The fourth-order valence-corrected chi connectivity index (χ4v) is 1.82. The van der Waals surface area contributed by atoms with E-state index < -0.39 is 0 Å². The van der Waals surface area contributed by atoms with E-state index in [1.165, 1.54) is 0 Å². The van der Waals surface area contributed by atoms with Crippen LogP contribution in [-0.4, -0.2) is 43.9 Å². The highest BCUT2D eigenvalue weighted by Gasteiger charge is 2.08. The fraction of sp³-hybridized carbons (Fsp3) is 0.400. The zero-order chi connectivity index (χ0) is 15.7. The monoisotopic (exact) mass is 288 g/mol. The van der Waals surface area contributed by atoms with Crippen molar-refractivity contribution < 1.29 is 9.59 Å². The molecule has 0 heterocycles. The standard InChI is InChI=1S/C15H20N4O2/c1-17-15(21)11-19(2)9-5-8-14(20)18-13-7-4-3-6-12(13)10-16/h3-4,6-7H,5,8-9,11H2,1-2H3,(H,17,21)(H,18,20). The van der Waals surface area contributed by atoms with Crippen molar-refractivity contribution in [2.24, 2.45) is 0 Å². The molecule has 0 saturated heterocycles. The molecule has 21 heavy (non-hydrogen) atoms. The molecule has 0 saturated carbocycles. The van der Waals surface area contributed by atoms with Crippen molar-refractivity contribution in [2.75, 3.05) is 32.5 Å². The minimum atomic E-state index is -0.133. The zero-order valence-corrected chi connectivity index (χ0v) is 12.3. The highest BCUT2D eigenvalue weighted by atomic mass is 16.2. The number of likely N-dealkylation sites (N-methyl/N-ethyl adjacent to an activating group) is 2. The minimum Gasteiger partial charge on any atom is -0.358 e. The van der Waals surface area contributed by atoms with Crippen LogP contribution in [0, 0.1) is 11.3 Å². The molecular weight excluding hydrogens is 268 g/mol. The van der Waals surface area contributed by atoms with Gasteiger partial charge in [0.05, 0.1) is 17.8 Å². The fourth-order valence-electron chi connectivity index (χ4n) is 1.82. The van der Waals surface area contributed by atoms with E-state index >= 15 is 0 Å². The quantitative estimate of drug-likeness (QED) is 0.782. The third kappa shape index (κ3) is 6.06. The van der Waals surface area contributed by atoms with Crippen molar-refractivity contribution in [1.82, 2.24) is 10.2 Å². The van der Waals surface area contributed by atoms with Crippen molar-refractivity contribution in [3.63, 3.8) is 0 Å². The van der Waals surface area contributed by atoms with Crippen LogP contribution in [0.3, 0.4) is 0 Å². The number of nitriles is 1. The molecule has 0 aromatic heterocycles. The molecule has 0 bridgehead atoms. The van der Waals surface area contributed by atoms with Crippen LogP contribution in [0.5, 0.6) is 0 Å². The molecule has 0 atom stereocenters. The lowest BCUT2D eigenvalue weighted by molar-refractivity contribution is -0.121. The molecule has 6 heteroatoms. The van der Waals surface area contributed by atoms with E-state index in [-0.39, 0.29) is 11.8 Å². The van der Waals surface area contributed by atoms with Crippen molar-refractivity contribution in [2.45, 2.75) is 12.8 Å². The average molecular weight is 288 g/mol. The number of amides is 2. The van der Waals surface area contributed by atoms with Gasteiger partial charge < -0.3 is 10.6 Å². The van der Waals surface area contributed by atoms with Crippen molar-refractivity contribution >= 4 is 17.5 Å². The van der Waals surface area contributed by atoms with Gasteiger partial charge in [0.25, 0.3) is 0 Å². The second kappa shape index (κ2) is 8.72. The van der Waals surface area contributed by atoms with Gasteiger partial charge in [-0.1, -0.05) is 12.1 Å². The number of carbonyl (C=O) groups excluding carboxylic acids is 2. The van der Waals surface area contributed by atoms with Crippen LogP contribution in [0.4, 0.5) is 5.69 Å². The molecule has 1 rings (SSSR count). The topological polar surface area (TPSA) is 85.2 Å². The Hall–Kier alpha value is -2.39. The second-order valence-corrected chi connectivity index (χ2v) is 4.72.